The summed E-state index contributed by atoms with van der Waals surface area (Å²) >= 11 is 5.12. The third-order valence-electron chi connectivity index (χ3n) is 3.97. The maximum atomic E-state index is 3.56. The average molecular weight is 495 g/mol. The summed E-state index contributed by atoms with van der Waals surface area (Å²) in [5.41, 5.74) is 5.67. The van der Waals surface area contributed by atoms with E-state index < -0.39 is 0 Å². The molecule has 0 aliphatic heterocycles. The van der Waals surface area contributed by atoms with Crippen molar-refractivity contribution >= 4 is 28.1 Å². The predicted molar refractivity (Wildman–Crippen MR) is 77.7 cm³/mol. The van der Waals surface area contributed by atoms with E-state index >= 15 is 0 Å². The molecule has 22 heavy (non-hydrogen) atoms. The number of fused-ring (bicyclic) bond motifs is 5. The molecule has 0 bridgehead atoms. The van der Waals surface area contributed by atoms with E-state index in [9.17, 15) is 0 Å². The number of aromatic nitrogens is 1. The zero-order valence-electron chi connectivity index (χ0n) is 11.6. The molecule has 112 valence electrons. The van der Waals surface area contributed by atoms with Crippen LogP contribution in [0.15, 0.2) is 34.8 Å². The van der Waals surface area contributed by atoms with Gasteiger partial charge in [-0.05, 0) is 0 Å². The normalized spacial score (nSPS) is 15.9. The molecule has 0 fully saturated rings. The molecule has 2 aliphatic rings. The van der Waals surface area contributed by atoms with Crippen LogP contribution in [0.1, 0.15) is 14.8 Å². The molecule has 1 nitrogen and oxygen atoms in total. The van der Waals surface area contributed by atoms with Gasteiger partial charge in [-0.1, -0.05) is 0 Å². The number of hydrogen-bond donors (Lipinski definition) is 0. The average Bonchev–Trinajstić information content (AvgIpc) is 2.87. The van der Waals surface area contributed by atoms with Gasteiger partial charge in [0.2, 0.25) is 0 Å². The van der Waals surface area contributed by atoms with Crippen LogP contribution in [0.4, 0.5) is 0 Å². The molecule has 4 rings (SSSR count). The third kappa shape index (κ3) is 2.84. The van der Waals surface area contributed by atoms with Gasteiger partial charge >= 0.3 is 136 Å². The van der Waals surface area contributed by atoms with Crippen molar-refractivity contribution < 1.29 is 61.9 Å². The van der Waals surface area contributed by atoms with Crippen LogP contribution in [-0.2, 0) is 31.8 Å². The van der Waals surface area contributed by atoms with Gasteiger partial charge in [-0.3, -0.25) is 0 Å². The molecular formula is C16H11BrCl3NZr. The molecule has 0 spiro atoms. The summed E-state index contributed by atoms with van der Waals surface area (Å²) < 4.78 is 4.05. The van der Waals surface area contributed by atoms with E-state index in [1.54, 1.807) is 24.7 Å². The van der Waals surface area contributed by atoms with Crippen molar-refractivity contribution in [1.82, 2.24) is 4.57 Å². The van der Waals surface area contributed by atoms with Crippen molar-refractivity contribution in [3.63, 3.8) is 0 Å². The van der Waals surface area contributed by atoms with Gasteiger partial charge in [-0.15, -0.1) is 0 Å². The van der Waals surface area contributed by atoms with Crippen LogP contribution in [0.25, 0.3) is 23.3 Å². The van der Waals surface area contributed by atoms with Crippen molar-refractivity contribution in [3.05, 3.63) is 56.6 Å². The monoisotopic (exact) mass is 491 g/mol. The number of nitrogens with zero attached hydrogens (tertiary/aromatic N) is 1. The standard InChI is InChI=1S/C16H11BrN.3ClH.Zr/c1-18-14-5-3-2-4-13(14)16-12-7-6-11(17)8-10(12)9-15(16)18;;;;/h2-9H,1H3;3*1H;/q;;;;+3/p-3. The summed E-state index contributed by atoms with van der Waals surface area (Å²) in [6.07, 6.45) is 9.06. The van der Waals surface area contributed by atoms with Gasteiger partial charge in [-0.2, -0.15) is 0 Å². The molecule has 1 aromatic heterocycles. The fourth-order valence-corrected chi connectivity index (χ4v) is 4.46. The minimum atomic E-state index is 0. The van der Waals surface area contributed by atoms with Crippen molar-refractivity contribution in [2.75, 3.05) is 0 Å². The second-order valence-corrected chi connectivity index (χ2v) is 7.47. The van der Waals surface area contributed by atoms with Crippen molar-refractivity contribution in [2.45, 2.75) is 3.63 Å². The van der Waals surface area contributed by atoms with E-state index in [2.05, 4.69) is 70.0 Å². The molecule has 0 N–H and O–H groups in total. The van der Waals surface area contributed by atoms with Crippen LogP contribution in [0.5, 0.6) is 0 Å². The summed E-state index contributed by atoms with van der Waals surface area (Å²) in [7, 11) is 2.17. The topological polar surface area (TPSA) is 4.93 Å². The fraction of sp³-hybridized carbons (Fsp3) is 0.125. The van der Waals surface area contributed by atoms with Crippen molar-refractivity contribution in [1.29, 1.82) is 0 Å². The van der Waals surface area contributed by atoms with Gasteiger partial charge in [0.25, 0.3) is 0 Å². The number of benzene rings is 1. The summed E-state index contributed by atoms with van der Waals surface area (Å²) in [6.45, 7) is 0. The molecule has 0 amide bonds. The van der Waals surface area contributed by atoms with Crippen LogP contribution < -0.4 is 47.9 Å². The summed E-state index contributed by atoms with van der Waals surface area (Å²) in [4.78, 5) is 0. The summed E-state index contributed by atoms with van der Waals surface area (Å²) in [5, 5.41) is 2.73. The molecule has 1 atom stereocenters. The van der Waals surface area contributed by atoms with E-state index in [0.717, 1.165) is 4.47 Å². The third-order valence-corrected chi connectivity index (χ3v) is 5.64. The minimum absolute atomic E-state index is 0. The summed E-state index contributed by atoms with van der Waals surface area (Å²) in [5.74, 6) is 0. The molecule has 6 heteroatoms. The first kappa shape index (κ1) is 20.3. The first-order valence-corrected chi connectivity index (χ1v) is 8.48. The van der Waals surface area contributed by atoms with Crippen LogP contribution in [0.3, 0.4) is 0 Å². The SMILES string of the molecule is Cn1c2c(c3c1=CC=C[CH]3[Zr+3])-c1ccc(Br)cc1C=2.[Cl-].[Cl-].[Cl-]. The Labute approximate surface area is 171 Å². The summed E-state index contributed by atoms with van der Waals surface area (Å²) in [6, 6.07) is 6.59. The Morgan fingerprint density at radius 1 is 1.14 bits per heavy atom. The largest absolute Gasteiger partial charge is 1.00 e. The zero-order chi connectivity index (χ0) is 13.1. The smallest absolute Gasteiger partial charge is 1.00 e. The molecule has 2 aliphatic carbocycles. The van der Waals surface area contributed by atoms with Crippen LogP contribution in [-0.4, -0.2) is 4.57 Å². The molecule has 2 aromatic rings. The van der Waals surface area contributed by atoms with E-state index in [1.165, 1.54) is 33.0 Å². The molecular weight excluding hydrogens is 484 g/mol. The van der Waals surface area contributed by atoms with Gasteiger partial charge in [0.1, 0.15) is 0 Å². The molecule has 1 unspecified atom stereocenters. The Hall–Kier alpha value is 0.213. The first-order valence-electron chi connectivity index (χ1n) is 6.26. The Morgan fingerprint density at radius 2 is 1.86 bits per heavy atom. The fourth-order valence-electron chi connectivity index (χ4n) is 3.09. The quantitative estimate of drug-likeness (QED) is 0.293. The van der Waals surface area contributed by atoms with Gasteiger partial charge in [0, 0.05) is 0 Å². The number of allylic oxidation sites excluding steroid dienone is 2. The van der Waals surface area contributed by atoms with E-state index in [0.29, 0.717) is 3.63 Å². The Bertz CT molecular complexity index is 870. The van der Waals surface area contributed by atoms with Crippen LogP contribution >= 0.6 is 15.9 Å². The van der Waals surface area contributed by atoms with Crippen LogP contribution in [0.2, 0.25) is 0 Å². The molecule has 0 saturated carbocycles. The van der Waals surface area contributed by atoms with Gasteiger partial charge in [-0.25, -0.2) is 0 Å². The number of halogens is 4. The maximum absolute atomic E-state index is 3.56. The first-order chi connectivity index (χ1) is 9.16. The van der Waals surface area contributed by atoms with Gasteiger partial charge < -0.3 is 37.2 Å². The van der Waals surface area contributed by atoms with E-state index in [-0.39, 0.29) is 37.2 Å². The second kappa shape index (κ2) is 7.40. The number of hydrogen-bond acceptors (Lipinski definition) is 0. The van der Waals surface area contributed by atoms with Gasteiger partial charge in [0.15, 0.2) is 0 Å². The van der Waals surface area contributed by atoms with Crippen molar-refractivity contribution in [2.24, 2.45) is 7.05 Å². The Morgan fingerprint density at radius 3 is 2.59 bits per heavy atom. The predicted octanol–water partition coefficient (Wildman–Crippen LogP) is -6.45. The molecule has 0 radical (unpaired) electrons. The van der Waals surface area contributed by atoms with Crippen molar-refractivity contribution in [3.8, 4) is 11.1 Å². The molecule has 1 aromatic carbocycles. The number of rotatable bonds is 0. The van der Waals surface area contributed by atoms with E-state index in [1.807, 2.05) is 0 Å². The van der Waals surface area contributed by atoms with E-state index in [4.69, 9.17) is 0 Å². The zero-order valence-corrected chi connectivity index (χ0v) is 17.9. The maximum Gasteiger partial charge on any atom is -1.00 e. The molecule has 1 heterocycles. The second-order valence-electron chi connectivity index (χ2n) is 5.02. The van der Waals surface area contributed by atoms with Gasteiger partial charge in [0.05, 0.1) is 0 Å². The Kier molecular flexibility index (Phi) is 6.82. The van der Waals surface area contributed by atoms with Crippen LogP contribution in [0, 0.1) is 0 Å². The molecule has 0 saturated heterocycles. The minimum Gasteiger partial charge on any atom is -1.00 e. The Balaban J connectivity index is 0.000000807.